The molecule has 0 N–H and O–H groups in total. The number of benzene rings is 1. The number of rotatable bonds is 4. The van der Waals surface area contributed by atoms with Gasteiger partial charge in [0.25, 0.3) is 0 Å². The zero-order chi connectivity index (χ0) is 22.2. The van der Waals surface area contributed by atoms with E-state index in [0.717, 1.165) is 17.7 Å². The largest absolute Gasteiger partial charge is 0.447 e. The molecular formula is C25H29BN2O3. The normalized spacial score (nSPS) is 25.8. The van der Waals surface area contributed by atoms with E-state index in [0.29, 0.717) is 13.0 Å². The van der Waals surface area contributed by atoms with Gasteiger partial charge in [0.05, 0.1) is 12.0 Å². The summed E-state index contributed by atoms with van der Waals surface area (Å²) in [5.74, 6) is -0.385. The number of imide groups is 1. The Kier molecular flexibility index (Phi) is 5.81. The number of carbonyl (C=O) groups excluding carboxylic acids is 2. The molecule has 0 radical (unpaired) electrons. The number of likely N-dealkylation sites (tertiary alicyclic amines) is 1. The van der Waals surface area contributed by atoms with E-state index in [2.05, 4.69) is 69.2 Å². The molecule has 2 aliphatic heterocycles. The van der Waals surface area contributed by atoms with Gasteiger partial charge in [0, 0.05) is 36.5 Å². The fourth-order valence-electron chi connectivity index (χ4n) is 4.57. The van der Waals surface area contributed by atoms with E-state index >= 15 is 0 Å². The van der Waals surface area contributed by atoms with Crippen LogP contribution in [-0.2, 0) is 9.53 Å². The minimum Gasteiger partial charge on any atom is -0.447 e. The molecule has 5 nitrogen and oxygen atoms in total. The van der Waals surface area contributed by atoms with Gasteiger partial charge in [-0.1, -0.05) is 47.3 Å². The van der Waals surface area contributed by atoms with Gasteiger partial charge in [-0.15, -0.1) is 0 Å². The van der Waals surface area contributed by atoms with Crippen LogP contribution in [0.25, 0.3) is 0 Å². The third-order valence-corrected chi connectivity index (χ3v) is 6.45. The number of allylic oxidation sites excluding steroid dienone is 3. The minimum absolute atomic E-state index is 0.0398. The fraction of sp³-hybridized carbons (Fsp3) is 0.440. The first-order chi connectivity index (χ1) is 14.7. The molecule has 1 aliphatic carbocycles. The fourth-order valence-corrected chi connectivity index (χ4v) is 4.57. The second-order valence-corrected chi connectivity index (χ2v) is 9.66. The van der Waals surface area contributed by atoms with E-state index in [1.165, 1.54) is 10.4 Å². The summed E-state index contributed by atoms with van der Waals surface area (Å²) < 4.78 is 5.31. The first kappa shape index (κ1) is 21.5. The van der Waals surface area contributed by atoms with Crippen molar-refractivity contribution in [2.45, 2.75) is 44.7 Å². The van der Waals surface area contributed by atoms with Crippen molar-refractivity contribution < 1.29 is 14.3 Å². The number of amides is 2. The molecule has 1 aromatic carbocycles. The zero-order valence-corrected chi connectivity index (χ0v) is 18.7. The zero-order valence-electron chi connectivity index (χ0n) is 18.7. The van der Waals surface area contributed by atoms with Crippen molar-refractivity contribution in [3.05, 3.63) is 65.1 Å². The topological polar surface area (TPSA) is 49.9 Å². The van der Waals surface area contributed by atoms with Crippen molar-refractivity contribution in [3.63, 3.8) is 0 Å². The summed E-state index contributed by atoms with van der Waals surface area (Å²) in [6.45, 7) is 8.14. The van der Waals surface area contributed by atoms with Gasteiger partial charge >= 0.3 is 6.09 Å². The summed E-state index contributed by atoms with van der Waals surface area (Å²) in [5.41, 5.74) is 9.20. The first-order valence-electron chi connectivity index (χ1n) is 10.9. The van der Waals surface area contributed by atoms with Crippen molar-refractivity contribution in [1.29, 1.82) is 0 Å². The summed E-state index contributed by atoms with van der Waals surface area (Å²) in [7, 11) is 2.06. The lowest BCUT2D eigenvalue weighted by atomic mass is 9.85. The summed E-state index contributed by atoms with van der Waals surface area (Å²) in [4.78, 5) is 30.1. The third kappa shape index (κ3) is 4.47. The van der Waals surface area contributed by atoms with Gasteiger partial charge < -0.3 is 4.74 Å². The van der Waals surface area contributed by atoms with E-state index in [9.17, 15) is 9.59 Å². The van der Waals surface area contributed by atoms with Gasteiger partial charge in [-0.3, -0.25) is 9.69 Å². The smallest absolute Gasteiger partial charge is 0.416 e. The molecule has 31 heavy (non-hydrogen) atoms. The summed E-state index contributed by atoms with van der Waals surface area (Å²) in [6, 6.07) is 8.09. The maximum absolute atomic E-state index is 13.8. The SMILES string of the molecule is Bc1ccc(C2CN(C(C)(C)C)CC2C(=O)N2C(=O)OC[C@@H]2CC2=C=C=CC=C2)cc1. The van der Waals surface area contributed by atoms with E-state index < -0.39 is 6.09 Å². The average molecular weight is 416 g/mol. The first-order valence-corrected chi connectivity index (χ1v) is 10.9. The van der Waals surface area contributed by atoms with Crippen LogP contribution in [0.15, 0.2) is 59.5 Å². The van der Waals surface area contributed by atoms with Crippen LogP contribution in [-0.4, -0.2) is 60.9 Å². The quantitative estimate of drug-likeness (QED) is 0.559. The molecule has 160 valence electrons. The van der Waals surface area contributed by atoms with Crippen molar-refractivity contribution in [1.82, 2.24) is 9.80 Å². The predicted octanol–water partition coefficient (Wildman–Crippen LogP) is 2.30. The maximum atomic E-state index is 13.8. The van der Waals surface area contributed by atoms with Crippen molar-refractivity contribution in [3.8, 4) is 0 Å². The Hall–Kier alpha value is -2.78. The Balaban J connectivity index is 1.62. The van der Waals surface area contributed by atoms with E-state index in [1.54, 1.807) is 6.08 Å². The van der Waals surface area contributed by atoms with Crippen LogP contribution in [0.1, 0.15) is 38.7 Å². The van der Waals surface area contributed by atoms with Gasteiger partial charge in [0.15, 0.2) is 0 Å². The number of carbonyl (C=O) groups is 2. The predicted molar refractivity (Wildman–Crippen MR) is 123 cm³/mol. The Morgan fingerprint density at radius 2 is 1.97 bits per heavy atom. The highest BCUT2D eigenvalue weighted by Crippen LogP contribution is 2.38. The standard InChI is InChI=1S/C25H29BN2O3/c1-25(2,3)27-14-21(18-9-11-19(26)12-10-18)22(15-27)23(29)28-20(16-31-24(28)30)13-17-7-5-4-6-8-17/h4-5,7,9-12,20-22H,13-16,26H2,1-3H3/t20-,21?,22?/m0/s1. The second-order valence-electron chi connectivity index (χ2n) is 9.66. The van der Waals surface area contributed by atoms with Gasteiger partial charge in [0.2, 0.25) is 5.91 Å². The molecule has 0 saturated carbocycles. The van der Waals surface area contributed by atoms with Crippen LogP contribution in [0.2, 0.25) is 0 Å². The molecule has 3 atom stereocenters. The summed E-state index contributed by atoms with van der Waals surface area (Å²) in [6.07, 6.45) is 5.61. The van der Waals surface area contributed by atoms with Crippen LogP contribution in [0.3, 0.4) is 0 Å². The molecule has 0 spiro atoms. The number of nitrogens with zero attached hydrogens (tertiary/aromatic N) is 2. The summed E-state index contributed by atoms with van der Waals surface area (Å²) in [5, 5.41) is 0. The Labute approximate surface area is 185 Å². The highest BCUT2D eigenvalue weighted by Gasteiger charge is 2.48. The van der Waals surface area contributed by atoms with Crippen LogP contribution < -0.4 is 5.46 Å². The average Bonchev–Trinajstić information content (AvgIpc) is 3.33. The van der Waals surface area contributed by atoms with Crippen molar-refractivity contribution in [2.75, 3.05) is 19.7 Å². The number of ether oxygens (including phenoxy) is 1. The highest BCUT2D eigenvalue weighted by atomic mass is 16.6. The lowest BCUT2D eigenvalue weighted by Crippen LogP contribution is -2.45. The number of hydrogen-bond acceptors (Lipinski definition) is 4. The molecular weight excluding hydrogens is 387 g/mol. The highest BCUT2D eigenvalue weighted by molar-refractivity contribution is 6.32. The van der Waals surface area contributed by atoms with Crippen LogP contribution in [0.4, 0.5) is 4.79 Å². The molecule has 2 amide bonds. The van der Waals surface area contributed by atoms with Crippen LogP contribution >= 0.6 is 0 Å². The lowest BCUT2D eigenvalue weighted by Gasteiger charge is -2.32. The molecule has 0 aromatic heterocycles. The number of hydrogen-bond donors (Lipinski definition) is 0. The van der Waals surface area contributed by atoms with Crippen molar-refractivity contribution >= 4 is 25.3 Å². The van der Waals surface area contributed by atoms with Gasteiger partial charge in [-0.05, 0) is 38.5 Å². The Bertz CT molecular complexity index is 1010. The third-order valence-electron chi connectivity index (χ3n) is 6.45. The number of cyclic esters (lactones) is 1. The van der Waals surface area contributed by atoms with Crippen molar-refractivity contribution in [2.24, 2.45) is 5.92 Å². The molecule has 3 aliphatic rings. The monoisotopic (exact) mass is 416 g/mol. The second kappa shape index (κ2) is 8.40. The van der Waals surface area contributed by atoms with Gasteiger partial charge in [-0.2, -0.15) is 0 Å². The Morgan fingerprint density at radius 1 is 1.23 bits per heavy atom. The maximum Gasteiger partial charge on any atom is 0.416 e. The molecule has 0 bridgehead atoms. The van der Waals surface area contributed by atoms with Crippen LogP contribution in [0.5, 0.6) is 0 Å². The molecule has 1 aromatic rings. The molecule has 6 heteroatoms. The van der Waals surface area contributed by atoms with E-state index in [1.807, 2.05) is 12.2 Å². The van der Waals surface area contributed by atoms with Gasteiger partial charge in [0.1, 0.15) is 14.5 Å². The van der Waals surface area contributed by atoms with Gasteiger partial charge in [-0.25, -0.2) is 9.69 Å². The lowest BCUT2D eigenvalue weighted by molar-refractivity contribution is -0.133. The molecule has 4 rings (SSSR count). The van der Waals surface area contributed by atoms with Crippen LogP contribution in [0, 0.1) is 5.92 Å². The minimum atomic E-state index is -0.535. The van der Waals surface area contributed by atoms with E-state index in [4.69, 9.17) is 4.74 Å². The molecule has 2 heterocycles. The molecule has 2 unspecified atom stereocenters. The Morgan fingerprint density at radius 3 is 2.61 bits per heavy atom. The summed E-state index contributed by atoms with van der Waals surface area (Å²) >= 11 is 0. The molecule has 2 fully saturated rings. The van der Waals surface area contributed by atoms with E-state index in [-0.39, 0.29) is 35.9 Å². The molecule has 2 saturated heterocycles.